The number of nitrogens with zero attached hydrogens (tertiary/aromatic N) is 2. The number of hydrogen-bond acceptors (Lipinski definition) is 2. The highest BCUT2D eigenvalue weighted by Crippen LogP contribution is 2.50. The van der Waals surface area contributed by atoms with E-state index in [9.17, 15) is 0 Å². The molecule has 0 saturated carbocycles. The van der Waals surface area contributed by atoms with Crippen molar-refractivity contribution in [3.63, 3.8) is 0 Å². The average Bonchev–Trinajstić information content (AvgIpc) is 3.60. The summed E-state index contributed by atoms with van der Waals surface area (Å²) in [5.41, 5.74) is 13.7. The van der Waals surface area contributed by atoms with Crippen LogP contribution in [-0.2, 0) is 25.9 Å². The first-order chi connectivity index (χ1) is 29.8. The van der Waals surface area contributed by atoms with Gasteiger partial charge in [-0.3, -0.25) is 0 Å². The maximum absolute atomic E-state index is 2.78. The molecule has 10 aromatic carbocycles. The normalized spacial score (nSPS) is 14.5. The lowest BCUT2D eigenvalue weighted by atomic mass is 9.88. The monoisotopic (exact) mass is 768 g/mol. The van der Waals surface area contributed by atoms with Crippen molar-refractivity contribution < 1.29 is 0 Å². The van der Waals surface area contributed by atoms with E-state index in [4.69, 9.17) is 0 Å². The van der Waals surface area contributed by atoms with Crippen LogP contribution in [-0.4, -0.2) is 0 Å². The maximum Gasteiger partial charge on any atom is 0.0792 e. The van der Waals surface area contributed by atoms with Gasteiger partial charge in [-0.15, -0.1) is 0 Å². The van der Waals surface area contributed by atoms with Crippen molar-refractivity contribution in [1.82, 2.24) is 0 Å². The molecule has 0 aliphatic carbocycles. The van der Waals surface area contributed by atoms with Gasteiger partial charge in [-0.2, -0.15) is 0 Å². The first kappa shape index (κ1) is 34.8. The van der Waals surface area contributed by atoms with Crippen molar-refractivity contribution in [2.24, 2.45) is 0 Å². The number of fused-ring (bicyclic) bond motifs is 12. The third kappa shape index (κ3) is 5.70. The molecule has 2 atom stereocenters. The second-order valence-electron chi connectivity index (χ2n) is 16.7. The van der Waals surface area contributed by atoms with Crippen LogP contribution in [0.1, 0.15) is 56.6 Å². The third-order valence-corrected chi connectivity index (χ3v) is 13.6. The molecule has 2 aliphatic heterocycles. The highest BCUT2D eigenvalue weighted by Gasteiger charge is 2.39. The van der Waals surface area contributed by atoms with E-state index in [0.717, 1.165) is 25.9 Å². The van der Waals surface area contributed by atoms with Crippen LogP contribution in [0.25, 0.3) is 43.1 Å². The Morgan fingerprint density at radius 2 is 0.600 bits per heavy atom. The molecular formula is C58H44N2. The summed E-state index contributed by atoms with van der Waals surface area (Å²) >= 11 is 0. The zero-order valence-corrected chi connectivity index (χ0v) is 33.5. The van der Waals surface area contributed by atoms with E-state index < -0.39 is 0 Å². The van der Waals surface area contributed by atoms with Gasteiger partial charge in [0.2, 0.25) is 0 Å². The second-order valence-corrected chi connectivity index (χ2v) is 16.7. The van der Waals surface area contributed by atoms with Gasteiger partial charge in [0.25, 0.3) is 0 Å². The Morgan fingerprint density at radius 1 is 0.283 bits per heavy atom. The molecule has 0 spiro atoms. The summed E-state index contributed by atoms with van der Waals surface area (Å²) in [6.07, 6.45) is 1.75. The highest BCUT2D eigenvalue weighted by atomic mass is 15.3. The highest BCUT2D eigenvalue weighted by molar-refractivity contribution is 5.96. The fourth-order valence-electron chi connectivity index (χ4n) is 10.8. The molecule has 2 nitrogen and oxygen atoms in total. The van der Waals surface area contributed by atoms with Crippen LogP contribution in [0.3, 0.4) is 0 Å². The first-order valence-electron chi connectivity index (χ1n) is 21.4. The van der Waals surface area contributed by atoms with Gasteiger partial charge in [-0.1, -0.05) is 194 Å². The van der Waals surface area contributed by atoms with Crippen molar-refractivity contribution in [1.29, 1.82) is 0 Å². The summed E-state index contributed by atoms with van der Waals surface area (Å²) in [5.74, 6) is 0. The topological polar surface area (TPSA) is 6.48 Å². The zero-order chi connectivity index (χ0) is 39.6. The van der Waals surface area contributed by atoms with Crippen molar-refractivity contribution in [3.05, 3.63) is 251 Å². The summed E-state index contributed by atoms with van der Waals surface area (Å²) in [5, 5.41) is 10.5. The van der Waals surface area contributed by atoms with Crippen LogP contribution in [0, 0.1) is 0 Å². The Kier molecular flexibility index (Phi) is 8.30. The lowest BCUT2D eigenvalue weighted by Crippen LogP contribution is -2.41. The Hall–Kier alpha value is -7.16. The number of benzene rings is 10. The van der Waals surface area contributed by atoms with E-state index in [0.29, 0.717) is 0 Å². The third-order valence-electron chi connectivity index (χ3n) is 13.6. The van der Waals surface area contributed by atoms with Crippen LogP contribution in [0.5, 0.6) is 0 Å². The van der Waals surface area contributed by atoms with Crippen molar-refractivity contribution in [3.8, 4) is 0 Å². The van der Waals surface area contributed by atoms with E-state index in [1.807, 2.05) is 0 Å². The molecule has 10 aromatic rings. The van der Waals surface area contributed by atoms with E-state index in [-0.39, 0.29) is 12.1 Å². The van der Waals surface area contributed by atoms with Crippen LogP contribution >= 0.6 is 0 Å². The van der Waals surface area contributed by atoms with E-state index in [2.05, 4.69) is 216 Å². The largest absolute Gasteiger partial charge is 0.357 e. The molecule has 0 unspecified atom stereocenters. The molecule has 0 radical (unpaired) electrons. The van der Waals surface area contributed by atoms with Gasteiger partial charge < -0.3 is 9.80 Å². The maximum atomic E-state index is 2.78. The zero-order valence-electron chi connectivity index (χ0n) is 33.5. The molecule has 12 rings (SSSR count). The molecule has 60 heavy (non-hydrogen) atoms. The van der Waals surface area contributed by atoms with Gasteiger partial charge in [0, 0.05) is 37.3 Å². The molecular weight excluding hydrogens is 725 g/mol. The van der Waals surface area contributed by atoms with Gasteiger partial charge in [-0.05, 0) is 99.7 Å². The predicted octanol–water partition coefficient (Wildman–Crippen LogP) is 14.3. The predicted molar refractivity (Wildman–Crippen MR) is 252 cm³/mol. The van der Waals surface area contributed by atoms with Crippen LogP contribution in [0.15, 0.2) is 206 Å². The molecule has 0 bridgehead atoms. The fourth-order valence-corrected chi connectivity index (χ4v) is 10.8. The van der Waals surface area contributed by atoms with Gasteiger partial charge >= 0.3 is 0 Å². The van der Waals surface area contributed by atoms with Crippen LogP contribution < -0.4 is 9.80 Å². The molecule has 2 heterocycles. The smallest absolute Gasteiger partial charge is 0.0792 e. The standard InChI is InChI=1S/C58H44N2/c1-3-19-43(20-4-1)57(59-37-45-29-27-39-15-7-11-23-47(39)51(45)35-53-49-25-13-9-17-41(49)31-33-55(53)59)58(44-21-5-2-6-22-44)60-38-46-30-28-40-16-8-12-24-48(40)52(46)36-54-50-26-14-10-18-42(50)32-34-56(54)60/h1-34,57-58H,35-38H2/t57-,58-/m0/s1. The van der Waals surface area contributed by atoms with Crippen LogP contribution in [0.2, 0.25) is 0 Å². The fraction of sp³-hybridized carbons (Fsp3) is 0.103. The van der Waals surface area contributed by atoms with Crippen molar-refractivity contribution in [2.75, 3.05) is 9.80 Å². The summed E-state index contributed by atoms with van der Waals surface area (Å²) in [6, 6.07) is 77.6. The minimum absolute atomic E-state index is 0.0627. The van der Waals surface area contributed by atoms with E-state index in [1.165, 1.54) is 99.0 Å². The molecule has 2 aliphatic rings. The lowest BCUT2D eigenvalue weighted by molar-refractivity contribution is 0.475. The minimum Gasteiger partial charge on any atom is -0.357 e. The Balaban J connectivity index is 1.16. The molecule has 0 aromatic heterocycles. The number of anilines is 2. The minimum atomic E-state index is -0.0627. The lowest BCUT2D eigenvalue weighted by Gasteiger charge is -2.45. The Labute approximate surface area is 351 Å². The van der Waals surface area contributed by atoms with Gasteiger partial charge in [0.05, 0.1) is 12.1 Å². The second kappa shape index (κ2) is 14.3. The summed E-state index contributed by atoms with van der Waals surface area (Å²) in [7, 11) is 0. The Morgan fingerprint density at radius 3 is 0.983 bits per heavy atom. The van der Waals surface area contributed by atoms with E-state index in [1.54, 1.807) is 0 Å². The summed E-state index contributed by atoms with van der Waals surface area (Å²) in [6.45, 7) is 1.57. The van der Waals surface area contributed by atoms with Gasteiger partial charge in [-0.25, -0.2) is 0 Å². The molecule has 286 valence electrons. The van der Waals surface area contributed by atoms with Crippen molar-refractivity contribution in [2.45, 2.75) is 38.0 Å². The Bertz CT molecular complexity index is 3020. The summed E-state index contributed by atoms with van der Waals surface area (Å²) < 4.78 is 0. The van der Waals surface area contributed by atoms with Crippen molar-refractivity contribution >= 4 is 54.5 Å². The quantitative estimate of drug-likeness (QED) is 0.172. The molecule has 0 saturated heterocycles. The SMILES string of the molecule is c1ccc([C@@H]([C@H](c2ccccc2)N2Cc3ccc4ccccc4c3Cc3c2ccc2ccccc32)N2Cc3ccc4ccccc4c3Cc3c2ccc2ccccc32)cc1. The molecule has 0 fully saturated rings. The first-order valence-corrected chi connectivity index (χ1v) is 21.4. The summed E-state index contributed by atoms with van der Waals surface area (Å²) in [4.78, 5) is 5.56. The molecule has 2 heteroatoms. The van der Waals surface area contributed by atoms with Crippen LogP contribution in [0.4, 0.5) is 11.4 Å². The number of hydrogen-bond donors (Lipinski definition) is 0. The molecule has 0 amide bonds. The molecule has 0 N–H and O–H groups in total. The number of rotatable bonds is 5. The average molecular weight is 769 g/mol. The van der Waals surface area contributed by atoms with Gasteiger partial charge in [0.15, 0.2) is 0 Å². The van der Waals surface area contributed by atoms with Gasteiger partial charge in [0.1, 0.15) is 0 Å². The van der Waals surface area contributed by atoms with E-state index >= 15 is 0 Å².